The summed E-state index contributed by atoms with van der Waals surface area (Å²) >= 11 is 4.31. The van der Waals surface area contributed by atoms with Gasteiger partial charge < -0.3 is 9.47 Å². The lowest BCUT2D eigenvalue weighted by atomic mass is 10.1. The Kier molecular flexibility index (Phi) is 7.74. The Hall–Kier alpha value is 0.940. The molecule has 0 aromatic rings. The van der Waals surface area contributed by atoms with E-state index in [1.807, 2.05) is 43.4 Å². The van der Waals surface area contributed by atoms with Gasteiger partial charge in [-0.3, -0.25) is 0 Å². The molecule has 0 fully saturated rings. The maximum Gasteiger partial charge on any atom is 0.170 e. The molecule has 0 unspecified atom stereocenters. The van der Waals surface area contributed by atoms with E-state index in [-0.39, 0.29) is 6.29 Å². The lowest BCUT2D eigenvalue weighted by molar-refractivity contribution is -0.176. The van der Waals surface area contributed by atoms with Gasteiger partial charge in [0.1, 0.15) is 5.60 Å². The number of hydrogen-bond acceptors (Lipinski definition) is 2. The number of hydrogen-bond donors (Lipinski definition) is 0. The molecule has 0 radical (unpaired) electrons. The highest BCUT2D eigenvalue weighted by Gasteiger charge is 2.24. The van der Waals surface area contributed by atoms with Crippen LogP contribution in [-0.2, 0) is 9.47 Å². The van der Waals surface area contributed by atoms with Crippen molar-refractivity contribution in [3.05, 3.63) is 0 Å². The molecule has 0 spiro atoms. The van der Waals surface area contributed by atoms with Gasteiger partial charge in [-0.2, -0.15) is 0 Å². The first-order valence-corrected chi connectivity index (χ1v) is 6.81. The molecule has 2 nitrogen and oxygen atoms in total. The molecule has 0 rings (SSSR count). The van der Waals surface area contributed by atoms with Gasteiger partial charge in [0.2, 0.25) is 0 Å². The third-order valence-corrected chi connectivity index (χ3v) is 2.32. The lowest BCUT2D eigenvalue weighted by Crippen LogP contribution is -2.35. The van der Waals surface area contributed by atoms with Crippen molar-refractivity contribution in [2.24, 2.45) is 0 Å². The van der Waals surface area contributed by atoms with E-state index in [1.54, 1.807) is 0 Å². The average molecular weight is 422 g/mol. The van der Waals surface area contributed by atoms with Gasteiger partial charge in [-0.1, -0.05) is 28.5 Å². The first kappa shape index (κ1) is 14.9. The van der Waals surface area contributed by atoms with Gasteiger partial charge in [0.15, 0.2) is 6.29 Å². The summed E-state index contributed by atoms with van der Waals surface area (Å²) in [6, 6.07) is 0. The summed E-state index contributed by atoms with van der Waals surface area (Å²) in [4.78, 5) is 0. The standard InChI is InChI=1S/C10H16I2O2/c1-5-13-9(8(2)12)14-10(3,4)6-7-11/h8-9H,5H2,1-4H3/t8-,9-/m1/s1. The quantitative estimate of drug-likeness (QED) is 0.293. The summed E-state index contributed by atoms with van der Waals surface area (Å²) in [5.41, 5.74) is -0.444. The van der Waals surface area contributed by atoms with Gasteiger partial charge in [-0.05, 0) is 31.6 Å². The van der Waals surface area contributed by atoms with Crippen molar-refractivity contribution in [3.8, 4) is 9.85 Å². The molecule has 0 saturated heterocycles. The van der Waals surface area contributed by atoms with Crippen molar-refractivity contribution in [3.63, 3.8) is 0 Å². The molecule has 0 bridgehead atoms. The van der Waals surface area contributed by atoms with Crippen molar-refractivity contribution in [1.82, 2.24) is 0 Å². The Morgan fingerprint density at radius 2 is 2.00 bits per heavy atom. The molecule has 0 aliphatic heterocycles. The normalized spacial score (nSPS) is 15.6. The molecule has 0 aliphatic carbocycles. The molecule has 0 aliphatic rings. The smallest absolute Gasteiger partial charge is 0.170 e. The second-order valence-corrected chi connectivity index (χ2v) is 5.85. The van der Waals surface area contributed by atoms with E-state index in [4.69, 9.17) is 9.47 Å². The molecule has 14 heavy (non-hydrogen) atoms. The third-order valence-electron chi connectivity index (χ3n) is 1.47. The molecular formula is C10H16I2O2. The van der Waals surface area contributed by atoms with Crippen LogP contribution in [0.25, 0.3) is 0 Å². The monoisotopic (exact) mass is 422 g/mol. The van der Waals surface area contributed by atoms with Crippen LogP contribution in [0.4, 0.5) is 0 Å². The fourth-order valence-corrected chi connectivity index (χ4v) is 1.86. The minimum atomic E-state index is -0.444. The molecule has 0 N–H and O–H groups in total. The van der Waals surface area contributed by atoms with Gasteiger partial charge >= 0.3 is 0 Å². The van der Waals surface area contributed by atoms with Gasteiger partial charge in [0.05, 0.1) is 3.92 Å². The van der Waals surface area contributed by atoms with Crippen LogP contribution in [0.15, 0.2) is 0 Å². The van der Waals surface area contributed by atoms with Gasteiger partial charge in [-0.25, -0.2) is 0 Å². The zero-order valence-corrected chi connectivity index (χ0v) is 13.2. The Bertz CT molecular complexity index is 216. The van der Waals surface area contributed by atoms with Gasteiger partial charge in [-0.15, -0.1) is 0 Å². The Morgan fingerprint density at radius 3 is 2.36 bits per heavy atom. The first-order chi connectivity index (χ1) is 6.43. The Labute approximate surface area is 114 Å². The molecule has 0 saturated carbocycles. The summed E-state index contributed by atoms with van der Waals surface area (Å²) in [6.45, 7) is 8.58. The predicted molar refractivity (Wildman–Crippen MR) is 75.9 cm³/mol. The molecule has 2 atom stereocenters. The van der Waals surface area contributed by atoms with Crippen LogP contribution in [0.2, 0.25) is 0 Å². The van der Waals surface area contributed by atoms with E-state index in [9.17, 15) is 0 Å². The van der Waals surface area contributed by atoms with E-state index in [1.165, 1.54) is 0 Å². The molecule has 0 aromatic heterocycles. The molecular weight excluding hydrogens is 406 g/mol. The summed E-state index contributed by atoms with van der Waals surface area (Å²) in [5.74, 6) is 3.00. The Balaban J connectivity index is 4.32. The van der Waals surface area contributed by atoms with Crippen LogP contribution < -0.4 is 0 Å². The van der Waals surface area contributed by atoms with Crippen LogP contribution in [-0.4, -0.2) is 22.4 Å². The molecule has 4 heteroatoms. The Morgan fingerprint density at radius 1 is 1.43 bits per heavy atom. The van der Waals surface area contributed by atoms with E-state index < -0.39 is 5.60 Å². The number of alkyl halides is 1. The fourth-order valence-electron chi connectivity index (χ4n) is 0.858. The first-order valence-electron chi connectivity index (χ1n) is 4.49. The van der Waals surface area contributed by atoms with Crippen LogP contribution >= 0.6 is 45.2 Å². The van der Waals surface area contributed by atoms with Crippen LogP contribution in [0.1, 0.15) is 27.7 Å². The van der Waals surface area contributed by atoms with E-state index in [0.29, 0.717) is 10.5 Å². The van der Waals surface area contributed by atoms with Crippen LogP contribution in [0.5, 0.6) is 0 Å². The highest BCUT2D eigenvalue weighted by atomic mass is 127. The van der Waals surface area contributed by atoms with Crippen molar-refractivity contribution in [2.45, 2.75) is 43.5 Å². The SMILES string of the molecule is CCO[C@H](OC(C)(C)C#CI)[C@@H](C)I. The summed E-state index contributed by atoms with van der Waals surface area (Å²) in [7, 11) is 0. The molecule has 82 valence electrons. The highest BCUT2D eigenvalue weighted by Crippen LogP contribution is 2.18. The van der Waals surface area contributed by atoms with Crippen molar-refractivity contribution >= 4 is 45.2 Å². The predicted octanol–water partition coefficient (Wildman–Crippen LogP) is 3.36. The zero-order valence-electron chi connectivity index (χ0n) is 8.93. The number of rotatable bonds is 5. The van der Waals surface area contributed by atoms with Crippen LogP contribution in [0.3, 0.4) is 0 Å². The molecule has 0 amide bonds. The average Bonchev–Trinajstić information content (AvgIpc) is 2.02. The zero-order chi connectivity index (χ0) is 11.2. The van der Waals surface area contributed by atoms with Crippen LogP contribution in [0, 0.1) is 9.85 Å². The highest BCUT2D eigenvalue weighted by molar-refractivity contribution is 14.1. The maximum atomic E-state index is 5.77. The van der Waals surface area contributed by atoms with E-state index in [2.05, 4.69) is 39.4 Å². The van der Waals surface area contributed by atoms with Crippen molar-refractivity contribution < 1.29 is 9.47 Å². The number of ether oxygens (including phenoxy) is 2. The number of halogens is 2. The molecule has 0 heterocycles. The van der Waals surface area contributed by atoms with Gasteiger partial charge in [0.25, 0.3) is 0 Å². The topological polar surface area (TPSA) is 18.5 Å². The summed E-state index contributed by atoms with van der Waals surface area (Å²) < 4.78 is 14.4. The van der Waals surface area contributed by atoms with Crippen molar-refractivity contribution in [1.29, 1.82) is 0 Å². The molecule has 0 aromatic carbocycles. The fraction of sp³-hybridized carbons (Fsp3) is 0.800. The van der Waals surface area contributed by atoms with E-state index >= 15 is 0 Å². The minimum absolute atomic E-state index is 0.187. The van der Waals surface area contributed by atoms with E-state index in [0.717, 1.165) is 0 Å². The minimum Gasteiger partial charge on any atom is -0.352 e. The second-order valence-electron chi connectivity index (χ2n) is 3.35. The van der Waals surface area contributed by atoms with Crippen molar-refractivity contribution in [2.75, 3.05) is 6.61 Å². The van der Waals surface area contributed by atoms with Gasteiger partial charge in [0, 0.05) is 29.2 Å². The summed E-state index contributed by atoms with van der Waals surface area (Å²) in [6.07, 6.45) is -0.187. The third kappa shape index (κ3) is 6.43. The lowest BCUT2D eigenvalue weighted by Gasteiger charge is -2.28. The summed E-state index contributed by atoms with van der Waals surface area (Å²) in [5, 5.41) is 0. The second kappa shape index (κ2) is 7.25. The largest absolute Gasteiger partial charge is 0.352 e. The maximum absolute atomic E-state index is 5.77.